The Morgan fingerprint density at radius 1 is 0.783 bits per heavy atom. The van der Waals surface area contributed by atoms with Gasteiger partial charge in [-0.25, -0.2) is 4.98 Å². The summed E-state index contributed by atoms with van der Waals surface area (Å²) in [5.74, 6) is 0.826. The van der Waals surface area contributed by atoms with E-state index in [0.717, 1.165) is 33.0 Å². The van der Waals surface area contributed by atoms with E-state index < -0.39 is 0 Å². The van der Waals surface area contributed by atoms with Crippen LogP contribution in [0.25, 0.3) is 21.7 Å². The zero-order valence-corrected chi connectivity index (χ0v) is 13.1. The minimum atomic E-state index is 0.489. The predicted octanol–water partition coefficient (Wildman–Crippen LogP) is 5.62. The van der Waals surface area contributed by atoms with Gasteiger partial charge in [-0.3, -0.25) is 0 Å². The van der Waals surface area contributed by atoms with E-state index >= 15 is 0 Å². The summed E-state index contributed by atoms with van der Waals surface area (Å²) in [6.45, 7) is 0.525. The maximum Gasteiger partial charge on any atom is 0.129 e. The Labute approximate surface area is 139 Å². The quantitative estimate of drug-likeness (QED) is 0.361. The van der Waals surface area contributed by atoms with E-state index in [2.05, 4.69) is 35.3 Å². The molecular formula is C20H14ClNO. The number of ether oxygens (including phenoxy) is 1. The van der Waals surface area contributed by atoms with Gasteiger partial charge in [-0.15, -0.1) is 0 Å². The molecule has 0 spiro atoms. The van der Waals surface area contributed by atoms with Crippen molar-refractivity contribution in [2.45, 2.75) is 6.61 Å². The number of nitrogens with zero attached hydrogens (tertiary/aromatic N) is 1. The van der Waals surface area contributed by atoms with E-state index in [0.29, 0.717) is 11.8 Å². The van der Waals surface area contributed by atoms with E-state index in [1.54, 1.807) is 0 Å². The first-order valence-corrected chi connectivity index (χ1v) is 7.84. The van der Waals surface area contributed by atoms with Crippen molar-refractivity contribution in [2.75, 3.05) is 0 Å². The molecular weight excluding hydrogens is 306 g/mol. The Hall–Kier alpha value is -2.58. The van der Waals surface area contributed by atoms with Crippen LogP contribution < -0.4 is 4.74 Å². The standard InChI is InChI=1S/C20H14ClNO/c21-18-12-11-16-10-9-15-7-4-8-17(19(15)20(16)22-18)23-13-14-5-2-1-3-6-14/h1-12H,13H2. The lowest BCUT2D eigenvalue weighted by atomic mass is 10.1. The van der Waals surface area contributed by atoms with Crippen LogP contribution in [0.15, 0.2) is 72.8 Å². The molecule has 0 saturated carbocycles. The van der Waals surface area contributed by atoms with Gasteiger partial charge in [0, 0.05) is 5.39 Å². The monoisotopic (exact) mass is 319 g/mol. The highest BCUT2D eigenvalue weighted by molar-refractivity contribution is 6.30. The second-order valence-corrected chi connectivity index (χ2v) is 5.79. The molecule has 0 unspecified atom stereocenters. The van der Waals surface area contributed by atoms with Crippen LogP contribution in [0.1, 0.15) is 5.56 Å². The molecule has 4 aromatic rings. The summed E-state index contributed by atoms with van der Waals surface area (Å²) >= 11 is 6.09. The van der Waals surface area contributed by atoms with Gasteiger partial charge in [0.15, 0.2) is 0 Å². The number of benzene rings is 3. The van der Waals surface area contributed by atoms with Gasteiger partial charge < -0.3 is 4.74 Å². The minimum absolute atomic E-state index is 0.489. The lowest BCUT2D eigenvalue weighted by Crippen LogP contribution is -1.96. The summed E-state index contributed by atoms with van der Waals surface area (Å²) in [5, 5.41) is 3.64. The third-order valence-corrected chi connectivity index (χ3v) is 4.08. The van der Waals surface area contributed by atoms with Crippen LogP contribution in [-0.4, -0.2) is 4.98 Å². The van der Waals surface area contributed by atoms with Crippen molar-refractivity contribution in [1.82, 2.24) is 4.98 Å². The highest BCUT2D eigenvalue weighted by Gasteiger charge is 2.09. The van der Waals surface area contributed by atoms with Crippen molar-refractivity contribution in [3.63, 3.8) is 0 Å². The molecule has 0 bridgehead atoms. The van der Waals surface area contributed by atoms with Crippen LogP contribution in [0.3, 0.4) is 0 Å². The third kappa shape index (κ3) is 2.73. The van der Waals surface area contributed by atoms with Gasteiger partial charge in [0.2, 0.25) is 0 Å². The van der Waals surface area contributed by atoms with E-state index in [1.807, 2.05) is 42.5 Å². The number of pyridine rings is 1. The van der Waals surface area contributed by atoms with Crippen molar-refractivity contribution in [2.24, 2.45) is 0 Å². The summed E-state index contributed by atoms with van der Waals surface area (Å²) in [6.07, 6.45) is 0. The predicted molar refractivity (Wildman–Crippen MR) is 95.0 cm³/mol. The van der Waals surface area contributed by atoms with Crippen LogP contribution >= 0.6 is 11.6 Å². The average Bonchev–Trinajstić information content (AvgIpc) is 2.60. The largest absolute Gasteiger partial charge is 0.488 e. The maximum atomic E-state index is 6.09. The summed E-state index contributed by atoms with van der Waals surface area (Å²) in [7, 11) is 0. The maximum absolute atomic E-state index is 6.09. The minimum Gasteiger partial charge on any atom is -0.488 e. The normalized spacial score (nSPS) is 11.0. The molecule has 0 aliphatic carbocycles. The highest BCUT2D eigenvalue weighted by Crippen LogP contribution is 2.33. The number of hydrogen-bond acceptors (Lipinski definition) is 2. The molecule has 0 fully saturated rings. The molecule has 112 valence electrons. The van der Waals surface area contributed by atoms with Gasteiger partial charge in [-0.1, -0.05) is 66.2 Å². The topological polar surface area (TPSA) is 22.1 Å². The number of halogens is 1. The molecule has 23 heavy (non-hydrogen) atoms. The third-order valence-electron chi connectivity index (χ3n) is 3.87. The molecule has 2 nitrogen and oxygen atoms in total. The highest BCUT2D eigenvalue weighted by atomic mass is 35.5. The molecule has 0 amide bonds. The summed E-state index contributed by atoms with van der Waals surface area (Å²) < 4.78 is 6.07. The molecule has 0 aliphatic heterocycles. The lowest BCUT2D eigenvalue weighted by molar-refractivity contribution is 0.310. The van der Waals surface area contributed by atoms with Crippen molar-refractivity contribution in [1.29, 1.82) is 0 Å². The van der Waals surface area contributed by atoms with E-state index in [4.69, 9.17) is 16.3 Å². The molecule has 3 heteroatoms. The van der Waals surface area contributed by atoms with Gasteiger partial charge in [0.1, 0.15) is 17.5 Å². The molecule has 1 heterocycles. The van der Waals surface area contributed by atoms with Crippen molar-refractivity contribution >= 4 is 33.3 Å². The van der Waals surface area contributed by atoms with Crippen LogP contribution in [0.4, 0.5) is 0 Å². The smallest absolute Gasteiger partial charge is 0.129 e. The summed E-state index contributed by atoms with van der Waals surface area (Å²) in [4.78, 5) is 4.50. The van der Waals surface area contributed by atoms with Crippen molar-refractivity contribution in [3.8, 4) is 5.75 Å². The molecule has 0 radical (unpaired) electrons. The molecule has 0 N–H and O–H groups in total. The first-order valence-electron chi connectivity index (χ1n) is 7.46. The first kappa shape index (κ1) is 14.0. The van der Waals surface area contributed by atoms with Gasteiger partial charge >= 0.3 is 0 Å². The van der Waals surface area contributed by atoms with E-state index in [9.17, 15) is 0 Å². The number of aromatic nitrogens is 1. The average molecular weight is 320 g/mol. The Morgan fingerprint density at radius 2 is 1.57 bits per heavy atom. The first-order chi connectivity index (χ1) is 11.3. The number of fused-ring (bicyclic) bond motifs is 3. The van der Waals surface area contributed by atoms with E-state index in [1.165, 1.54) is 0 Å². The molecule has 0 saturated heterocycles. The van der Waals surface area contributed by atoms with Crippen LogP contribution in [-0.2, 0) is 6.61 Å². The fraction of sp³-hybridized carbons (Fsp3) is 0.0500. The second-order valence-electron chi connectivity index (χ2n) is 5.40. The molecule has 3 aromatic carbocycles. The van der Waals surface area contributed by atoms with Crippen molar-refractivity contribution in [3.05, 3.63) is 83.5 Å². The van der Waals surface area contributed by atoms with Crippen molar-refractivity contribution < 1.29 is 4.74 Å². The fourth-order valence-electron chi connectivity index (χ4n) is 2.76. The van der Waals surface area contributed by atoms with Gasteiger partial charge in [0.25, 0.3) is 0 Å². The van der Waals surface area contributed by atoms with E-state index in [-0.39, 0.29) is 0 Å². The summed E-state index contributed by atoms with van der Waals surface area (Å²) in [6, 6.07) is 24.1. The molecule has 1 aromatic heterocycles. The van der Waals surface area contributed by atoms with Crippen LogP contribution in [0.2, 0.25) is 5.15 Å². The van der Waals surface area contributed by atoms with Gasteiger partial charge in [-0.2, -0.15) is 0 Å². The molecule has 4 rings (SSSR count). The van der Waals surface area contributed by atoms with Crippen LogP contribution in [0.5, 0.6) is 5.75 Å². The Bertz CT molecular complexity index is 983. The molecule has 0 atom stereocenters. The Balaban J connectivity index is 1.84. The SMILES string of the molecule is Clc1ccc2ccc3cccc(OCc4ccccc4)c3c2n1. The summed E-state index contributed by atoms with van der Waals surface area (Å²) in [5.41, 5.74) is 2.01. The van der Waals surface area contributed by atoms with Gasteiger partial charge in [0.05, 0.1) is 10.9 Å². The Morgan fingerprint density at radius 3 is 2.43 bits per heavy atom. The zero-order valence-electron chi connectivity index (χ0n) is 12.4. The fourth-order valence-corrected chi connectivity index (χ4v) is 2.90. The zero-order chi connectivity index (χ0) is 15.6. The molecule has 0 aliphatic rings. The van der Waals surface area contributed by atoms with Gasteiger partial charge in [-0.05, 0) is 29.1 Å². The second kappa shape index (κ2) is 5.90. The number of rotatable bonds is 3. The lowest BCUT2D eigenvalue weighted by Gasteiger charge is -2.11. The van der Waals surface area contributed by atoms with Crippen LogP contribution in [0, 0.1) is 0 Å². The number of hydrogen-bond donors (Lipinski definition) is 0. The Kier molecular flexibility index (Phi) is 3.60.